The molecule has 0 spiro atoms. The van der Waals surface area contributed by atoms with Crippen molar-refractivity contribution >= 4 is 0 Å². The van der Waals surface area contributed by atoms with Crippen LogP contribution in [0.1, 0.15) is 27.7 Å². The summed E-state index contributed by atoms with van der Waals surface area (Å²) in [6.45, 7) is 12.1. The Morgan fingerprint density at radius 3 is 1.91 bits per heavy atom. The minimum absolute atomic E-state index is 0.474. The molecule has 0 bridgehead atoms. The van der Waals surface area contributed by atoms with Crippen LogP contribution in [0.3, 0.4) is 0 Å². The van der Waals surface area contributed by atoms with E-state index in [1.807, 2.05) is 0 Å². The molecule has 0 rings (SSSR count). The van der Waals surface area contributed by atoms with E-state index >= 15 is 0 Å². The Hall–Kier alpha value is -0.900. The van der Waals surface area contributed by atoms with Crippen LogP contribution in [0.2, 0.25) is 0 Å². The molecule has 62 valence electrons. The molecule has 0 N–H and O–H groups in total. The molecule has 0 aliphatic heterocycles. The average Bonchev–Trinajstić information content (AvgIpc) is 1.87. The van der Waals surface area contributed by atoms with Gasteiger partial charge in [-0.2, -0.15) is 0 Å². The van der Waals surface area contributed by atoms with Gasteiger partial charge in [-0.1, -0.05) is 12.5 Å². The van der Waals surface area contributed by atoms with E-state index in [-0.39, 0.29) is 0 Å². The summed E-state index contributed by atoms with van der Waals surface area (Å²) in [6, 6.07) is 3.98. The highest BCUT2D eigenvalue weighted by atomic mass is 15.1. The Morgan fingerprint density at radius 2 is 1.64 bits per heavy atom. The van der Waals surface area contributed by atoms with Crippen LogP contribution >= 0.6 is 0 Å². The predicted molar refractivity (Wildman–Crippen MR) is 50.1 cm³/mol. The molecule has 0 aliphatic carbocycles. The fraction of sp³-hybridized carbons (Fsp3) is 0.600. The minimum Gasteiger partial charge on any atom is -0.327 e. The number of nitrogens with zero attached hydrogens (tertiary/aromatic N) is 1. The van der Waals surface area contributed by atoms with Crippen LogP contribution in [0, 0.1) is 12.0 Å². The normalized spacial score (nSPS) is 9.27. The SMILES string of the molecule is C=CC#CN(C(C)C)C(C)C. The Bertz CT molecular complexity index is 161. The lowest BCUT2D eigenvalue weighted by atomic mass is 10.2. The first kappa shape index (κ1) is 10.1. The Morgan fingerprint density at radius 1 is 1.18 bits per heavy atom. The van der Waals surface area contributed by atoms with Crippen LogP contribution in [0.15, 0.2) is 12.7 Å². The quantitative estimate of drug-likeness (QED) is 0.432. The first-order valence-corrected chi connectivity index (χ1v) is 4.00. The Kier molecular flexibility index (Phi) is 4.45. The summed E-state index contributed by atoms with van der Waals surface area (Å²) in [5.41, 5.74) is 0. The molecule has 0 fully saturated rings. The fourth-order valence-electron chi connectivity index (χ4n) is 0.975. The summed E-state index contributed by atoms with van der Waals surface area (Å²) in [7, 11) is 0. The second kappa shape index (κ2) is 4.85. The van der Waals surface area contributed by atoms with Crippen LogP contribution < -0.4 is 0 Å². The molecule has 0 saturated carbocycles. The van der Waals surface area contributed by atoms with Gasteiger partial charge in [-0.25, -0.2) is 0 Å². The second-order valence-electron chi connectivity index (χ2n) is 3.06. The highest BCUT2D eigenvalue weighted by Crippen LogP contribution is 2.01. The smallest absolute Gasteiger partial charge is 0.0318 e. The van der Waals surface area contributed by atoms with Crippen molar-refractivity contribution in [1.82, 2.24) is 4.90 Å². The maximum absolute atomic E-state index is 3.55. The standard InChI is InChI=1S/C10H17N/c1-6-7-8-11(9(2)3)10(4)5/h6,9-10H,1H2,2-5H3. The Balaban J connectivity index is 4.22. The zero-order valence-electron chi connectivity index (χ0n) is 7.89. The van der Waals surface area contributed by atoms with Crippen molar-refractivity contribution < 1.29 is 0 Å². The van der Waals surface area contributed by atoms with Gasteiger partial charge in [0.25, 0.3) is 0 Å². The van der Waals surface area contributed by atoms with Crippen LogP contribution in [-0.2, 0) is 0 Å². The summed E-state index contributed by atoms with van der Waals surface area (Å²) in [4.78, 5) is 2.11. The molecule has 0 unspecified atom stereocenters. The highest BCUT2D eigenvalue weighted by molar-refractivity contribution is 5.12. The molecular formula is C10H17N. The molecular weight excluding hydrogens is 134 g/mol. The van der Waals surface area contributed by atoms with Crippen LogP contribution in [-0.4, -0.2) is 17.0 Å². The average molecular weight is 151 g/mol. The summed E-state index contributed by atoms with van der Waals surface area (Å²) < 4.78 is 0. The van der Waals surface area contributed by atoms with Gasteiger partial charge < -0.3 is 4.90 Å². The number of allylic oxidation sites excluding steroid dienone is 1. The van der Waals surface area contributed by atoms with Gasteiger partial charge in [-0.15, -0.1) is 0 Å². The predicted octanol–water partition coefficient (Wildman–Crippen LogP) is 2.25. The second-order valence-corrected chi connectivity index (χ2v) is 3.06. The third-order valence-electron chi connectivity index (χ3n) is 1.41. The Labute approximate surface area is 70.1 Å². The van der Waals surface area contributed by atoms with Gasteiger partial charge in [-0.05, 0) is 33.8 Å². The molecule has 0 aromatic heterocycles. The minimum atomic E-state index is 0.474. The van der Waals surface area contributed by atoms with Gasteiger partial charge in [0.2, 0.25) is 0 Å². The van der Waals surface area contributed by atoms with E-state index in [0.717, 1.165) is 0 Å². The molecule has 1 heteroatoms. The first-order chi connectivity index (χ1) is 5.09. The van der Waals surface area contributed by atoms with Crippen LogP contribution in [0.4, 0.5) is 0 Å². The lowest BCUT2D eigenvalue weighted by Gasteiger charge is -2.25. The van der Waals surface area contributed by atoms with Crippen LogP contribution in [0.5, 0.6) is 0 Å². The van der Waals surface area contributed by atoms with Crippen molar-refractivity contribution in [2.24, 2.45) is 0 Å². The van der Waals surface area contributed by atoms with E-state index in [0.29, 0.717) is 12.1 Å². The maximum atomic E-state index is 3.55. The lowest BCUT2D eigenvalue weighted by Crippen LogP contribution is -2.32. The van der Waals surface area contributed by atoms with Crippen molar-refractivity contribution in [2.45, 2.75) is 39.8 Å². The zero-order valence-corrected chi connectivity index (χ0v) is 7.89. The van der Waals surface area contributed by atoms with E-state index in [4.69, 9.17) is 0 Å². The van der Waals surface area contributed by atoms with Gasteiger partial charge in [0.05, 0.1) is 0 Å². The molecule has 0 radical (unpaired) electrons. The summed E-state index contributed by atoms with van der Waals surface area (Å²) >= 11 is 0. The van der Waals surface area contributed by atoms with Gasteiger partial charge in [-0.3, -0.25) is 0 Å². The van der Waals surface area contributed by atoms with Crippen molar-refractivity contribution in [3.05, 3.63) is 12.7 Å². The molecule has 11 heavy (non-hydrogen) atoms. The van der Waals surface area contributed by atoms with Gasteiger partial charge >= 0.3 is 0 Å². The van der Waals surface area contributed by atoms with Crippen LogP contribution in [0.25, 0.3) is 0 Å². The van der Waals surface area contributed by atoms with E-state index in [1.165, 1.54) is 0 Å². The maximum Gasteiger partial charge on any atom is 0.0318 e. The highest BCUT2D eigenvalue weighted by Gasteiger charge is 2.07. The van der Waals surface area contributed by atoms with Crippen molar-refractivity contribution in [3.63, 3.8) is 0 Å². The van der Waals surface area contributed by atoms with Crippen molar-refractivity contribution in [3.8, 4) is 12.0 Å². The largest absolute Gasteiger partial charge is 0.327 e. The third kappa shape index (κ3) is 3.72. The molecule has 0 saturated heterocycles. The molecule has 0 aromatic carbocycles. The van der Waals surface area contributed by atoms with Gasteiger partial charge in [0, 0.05) is 18.1 Å². The molecule has 0 amide bonds. The van der Waals surface area contributed by atoms with Gasteiger partial charge in [0.1, 0.15) is 0 Å². The van der Waals surface area contributed by atoms with Crippen molar-refractivity contribution in [1.29, 1.82) is 0 Å². The summed E-state index contributed by atoms with van der Waals surface area (Å²) in [6.07, 6.45) is 1.62. The molecule has 0 atom stereocenters. The number of hydrogen-bond acceptors (Lipinski definition) is 1. The summed E-state index contributed by atoms with van der Waals surface area (Å²) in [5, 5.41) is 0. The van der Waals surface area contributed by atoms with E-state index in [2.05, 4.69) is 51.1 Å². The monoisotopic (exact) mass is 151 g/mol. The van der Waals surface area contributed by atoms with E-state index in [9.17, 15) is 0 Å². The molecule has 0 aromatic rings. The lowest BCUT2D eigenvalue weighted by molar-refractivity contribution is 0.274. The van der Waals surface area contributed by atoms with Gasteiger partial charge in [0.15, 0.2) is 0 Å². The van der Waals surface area contributed by atoms with E-state index in [1.54, 1.807) is 6.08 Å². The zero-order chi connectivity index (χ0) is 8.85. The van der Waals surface area contributed by atoms with E-state index < -0.39 is 0 Å². The van der Waals surface area contributed by atoms with Crippen molar-refractivity contribution in [2.75, 3.05) is 0 Å². The molecule has 0 aliphatic rings. The molecule has 1 nitrogen and oxygen atoms in total. The third-order valence-corrected chi connectivity index (χ3v) is 1.41. The first-order valence-electron chi connectivity index (χ1n) is 4.00. The number of rotatable bonds is 2. The fourth-order valence-corrected chi connectivity index (χ4v) is 0.975. The molecule has 0 heterocycles. The number of hydrogen-bond donors (Lipinski definition) is 0. The summed E-state index contributed by atoms with van der Waals surface area (Å²) in [5.74, 6) is 2.85. The topological polar surface area (TPSA) is 3.24 Å².